The molecule has 2 heteroatoms. The lowest BCUT2D eigenvalue weighted by Crippen LogP contribution is -2.21. The topological polar surface area (TPSA) is 20.3 Å². The number of nitrogens with zero attached hydrogens (tertiary/aromatic N) is 1. The summed E-state index contributed by atoms with van der Waals surface area (Å²) in [5, 5.41) is 0. The summed E-state index contributed by atoms with van der Waals surface area (Å²) < 4.78 is 0. The highest BCUT2D eigenvalue weighted by Crippen LogP contribution is 2.24. The molecule has 2 nitrogen and oxygen atoms in total. The zero-order valence-electron chi connectivity index (χ0n) is 7.57. The molecule has 0 aromatic heterocycles. The van der Waals surface area contributed by atoms with E-state index < -0.39 is 0 Å². The third-order valence-electron chi connectivity index (χ3n) is 2.52. The van der Waals surface area contributed by atoms with Crippen LogP contribution in [0.25, 0.3) is 0 Å². The Morgan fingerprint density at radius 2 is 2.08 bits per heavy atom. The fourth-order valence-corrected chi connectivity index (χ4v) is 1.83. The summed E-state index contributed by atoms with van der Waals surface area (Å²) in [5.41, 5.74) is 2.39. The second-order valence-electron chi connectivity index (χ2n) is 3.38. The lowest BCUT2D eigenvalue weighted by Gasteiger charge is -2.16. The van der Waals surface area contributed by atoms with Crippen molar-refractivity contribution in [2.75, 3.05) is 11.4 Å². The number of fused-ring (bicyclic) bond motifs is 1. The molecule has 0 saturated carbocycles. The second kappa shape index (κ2) is 3.60. The minimum Gasteiger partial charge on any atom is -0.315 e. The van der Waals surface area contributed by atoms with Crippen molar-refractivity contribution in [3.8, 4) is 0 Å². The van der Waals surface area contributed by atoms with Crippen LogP contribution in [0.1, 0.15) is 18.4 Å². The van der Waals surface area contributed by atoms with Gasteiger partial charge in [0, 0.05) is 12.2 Å². The zero-order chi connectivity index (χ0) is 9.10. The van der Waals surface area contributed by atoms with Crippen molar-refractivity contribution in [3.05, 3.63) is 29.8 Å². The monoisotopic (exact) mass is 175 g/mol. The van der Waals surface area contributed by atoms with E-state index >= 15 is 0 Å². The first kappa shape index (κ1) is 8.30. The van der Waals surface area contributed by atoms with Gasteiger partial charge in [-0.25, -0.2) is 0 Å². The smallest absolute Gasteiger partial charge is 0.214 e. The van der Waals surface area contributed by atoms with Gasteiger partial charge in [-0.05, 0) is 30.9 Å². The van der Waals surface area contributed by atoms with E-state index in [1.54, 1.807) is 0 Å². The van der Waals surface area contributed by atoms with Crippen LogP contribution in [-0.2, 0) is 11.2 Å². The molecule has 2 rings (SSSR count). The van der Waals surface area contributed by atoms with Gasteiger partial charge in [0.15, 0.2) is 0 Å². The molecule has 1 aliphatic rings. The molecular formula is C11H13NO. The quantitative estimate of drug-likeness (QED) is 0.598. The maximum atomic E-state index is 10.8. The number of rotatable bonds is 1. The molecule has 0 N–H and O–H groups in total. The van der Waals surface area contributed by atoms with Gasteiger partial charge in [-0.1, -0.05) is 18.2 Å². The van der Waals surface area contributed by atoms with E-state index in [9.17, 15) is 4.79 Å². The minimum absolute atomic E-state index is 0.862. The molecular weight excluding hydrogens is 162 g/mol. The van der Waals surface area contributed by atoms with Crippen molar-refractivity contribution in [1.29, 1.82) is 0 Å². The fourth-order valence-electron chi connectivity index (χ4n) is 1.83. The van der Waals surface area contributed by atoms with Gasteiger partial charge in [0.25, 0.3) is 0 Å². The number of hydrogen-bond acceptors (Lipinski definition) is 1. The number of carbonyl (C=O) groups excluding carboxylic acids is 1. The summed E-state index contributed by atoms with van der Waals surface area (Å²) in [6.07, 6.45) is 4.32. The summed E-state index contributed by atoms with van der Waals surface area (Å²) >= 11 is 0. The first-order chi connectivity index (χ1) is 6.42. The highest BCUT2D eigenvalue weighted by atomic mass is 16.1. The van der Waals surface area contributed by atoms with E-state index in [1.165, 1.54) is 12.0 Å². The number of amides is 1. The van der Waals surface area contributed by atoms with E-state index in [4.69, 9.17) is 0 Å². The number of para-hydroxylation sites is 1. The van der Waals surface area contributed by atoms with Crippen LogP contribution in [0.2, 0.25) is 0 Å². The number of benzene rings is 1. The molecule has 1 aliphatic heterocycles. The Balaban J connectivity index is 2.41. The first-order valence-electron chi connectivity index (χ1n) is 4.71. The maximum absolute atomic E-state index is 10.8. The normalized spacial score (nSPS) is 16.2. The SMILES string of the molecule is O=CN1CCCCc2ccccc21. The molecule has 1 amide bonds. The molecule has 1 heterocycles. The predicted molar refractivity (Wildman–Crippen MR) is 52.8 cm³/mol. The van der Waals surface area contributed by atoms with Crippen molar-refractivity contribution in [2.24, 2.45) is 0 Å². The molecule has 68 valence electrons. The van der Waals surface area contributed by atoms with Gasteiger partial charge >= 0.3 is 0 Å². The van der Waals surface area contributed by atoms with E-state index in [0.29, 0.717) is 0 Å². The standard InChI is InChI=1S/C11H13NO/c13-9-12-8-4-3-6-10-5-1-2-7-11(10)12/h1-2,5,7,9H,3-4,6,8H2. The Morgan fingerprint density at radius 3 is 2.92 bits per heavy atom. The Labute approximate surface area is 78.2 Å². The highest BCUT2D eigenvalue weighted by Gasteiger charge is 2.12. The molecule has 1 aromatic carbocycles. The van der Waals surface area contributed by atoms with Crippen LogP contribution in [0.15, 0.2) is 24.3 Å². The lowest BCUT2D eigenvalue weighted by atomic mass is 10.1. The highest BCUT2D eigenvalue weighted by molar-refractivity contribution is 5.77. The Bertz CT molecular complexity index is 309. The van der Waals surface area contributed by atoms with Gasteiger partial charge in [-0.15, -0.1) is 0 Å². The van der Waals surface area contributed by atoms with Crippen molar-refractivity contribution in [1.82, 2.24) is 0 Å². The molecule has 0 bridgehead atoms. The van der Waals surface area contributed by atoms with Gasteiger partial charge in [-0.3, -0.25) is 4.79 Å². The maximum Gasteiger partial charge on any atom is 0.214 e. The summed E-state index contributed by atoms with van der Waals surface area (Å²) in [6.45, 7) is 0.862. The van der Waals surface area contributed by atoms with Crippen LogP contribution in [0, 0.1) is 0 Å². The van der Waals surface area contributed by atoms with Gasteiger partial charge < -0.3 is 4.90 Å². The van der Waals surface area contributed by atoms with Crippen LogP contribution in [-0.4, -0.2) is 13.0 Å². The van der Waals surface area contributed by atoms with Crippen molar-refractivity contribution in [2.45, 2.75) is 19.3 Å². The molecule has 0 spiro atoms. The number of carbonyl (C=O) groups is 1. The van der Waals surface area contributed by atoms with Crippen molar-refractivity contribution in [3.63, 3.8) is 0 Å². The third-order valence-corrected chi connectivity index (χ3v) is 2.52. The average molecular weight is 175 g/mol. The van der Waals surface area contributed by atoms with Crippen LogP contribution in [0.5, 0.6) is 0 Å². The van der Waals surface area contributed by atoms with Gasteiger partial charge in [0.2, 0.25) is 6.41 Å². The Morgan fingerprint density at radius 1 is 1.23 bits per heavy atom. The number of aryl methyl sites for hydroxylation is 1. The van der Waals surface area contributed by atoms with Gasteiger partial charge in [0.05, 0.1) is 0 Å². The molecule has 0 aliphatic carbocycles. The van der Waals surface area contributed by atoms with Crippen LogP contribution in [0.4, 0.5) is 5.69 Å². The third kappa shape index (κ3) is 1.57. The molecule has 0 unspecified atom stereocenters. The van der Waals surface area contributed by atoms with Crippen molar-refractivity contribution >= 4 is 12.1 Å². The van der Waals surface area contributed by atoms with Crippen LogP contribution in [0.3, 0.4) is 0 Å². The van der Waals surface area contributed by atoms with Gasteiger partial charge in [0.1, 0.15) is 0 Å². The van der Waals surface area contributed by atoms with E-state index in [1.807, 2.05) is 23.1 Å². The largest absolute Gasteiger partial charge is 0.315 e. The fraction of sp³-hybridized carbons (Fsp3) is 0.364. The summed E-state index contributed by atoms with van der Waals surface area (Å²) in [5.74, 6) is 0. The second-order valence-corrected chi connectivity index (χ2v) is 3.38. The molecule has 13 heavy (non-hydrogen) atoms. The Kier molecular flexibility index (Phi) is 2.30. The number of hydrogen-bond donors (Lipinski definition) is 0. The molecule has 1 aromatic rings. The molecule has 0 fully saturated rings. The van der Waals surface area contributed by atoms with Crippen LogP contribution >= 0.6 is 0 Å². The molecule has 0 atom stereocenters. The van der Waals surface area contributed by atoms with E-state index in [0.717, 1.165) is 31.5 Å². The van der Waals surface area contributed by atoms with E-state index in [2.05, 4.69) is 6.07 Å². The summed E-state index contributed by atoms with van der Waals surface area (Å²) in [4.78, 5) is 12.6. The minimum atomic E-state index is 0.862. The van der Waals surface area contributed by atoms with Gasteiger partial charge in [-0.2, -0.15) is 0 Å². The summed E-state index contributed by atoms with van der Waals surface area (Å²) in [6, 6.07) is 8.15. The van der Waals surface area contributed by atoms with Crippen molar-refractivity contribution < 1.29 is 4.79 Å². The number of anilines is 1. The summed E-state index contributed by atoms with van der Waals surface area (Å²) in [7, 11) is 0. The predicted octanol–water partition coefficient (Wildman–Crippen LogP) is 1.99. The van der Waals surface area contributed by atoms with Crippen LogP contribution < -0.4 is 4.90 Å². The molecule has 0 radical (unpaired) electrons. The van der Waals surface area contributed by atoms with E-state index in [-0.39, 0.29) is 0 Å². The average Bonchev–Trinajstić information content (AvgIpc) is 2.39. The lowest BCUT2D eigenvalue weighted by molar-refractivity contribution is -0.107. The molecule has 0 saturated heterocycles. The first-order valence-corrected chi connectivity index (χ1v) is 4.71. The Hall–Kier alpha value is -1.31. The zero-order valence-corrected chi connectivity index (χ0v) is 7.57.